The molecule has 0 saturated carbocycles. The van der Waals surface area contributed by atoms with Gasteiger partial charge in [0.05, 0.1) is 0 Å². The van der Waals surface area contributed by atoms with Gasteiger partial charge in [-0.05, 0) is 25.2 Å². The molecule has 150 valence electrons. The van der Waals surface area contributed by atoms with Crippen molar-refractivity contribution in [1.29, 1.82) is 0 Å². The second-order valence-electron chi connectivity index (χ2n) is 6.08. The van der Waals surface area contributed by atoms with E-state index in [0.717, 1.165) is 25.7 Å². The van der Waals surface area contributed by atoms with Gasteiger partial charge in [-0.3, -0.25) is 0 Å². The smallest absolute Gasteiger partial charge is 0.458 e. The molecule has 0 spiro atoms. The van der Waals surface area contributed by atoms with Crippen LogP contribution in [0.5, 0.6) is 0 Å². The van der Waals surface area contributed by atoms with Crippen LogP contribution < -0.4 is 0 Å². The number of unbranched alkanes of at least 4 members (excludes halogenated alkanes) is 1. The van der Waals surface area contributed by atoms with Crippen molar-refractivity contribution in [3.8, 4) is 0 Å². The molecule has 25 heavy (non-hydrogen) atoms. The third kappa shape index (κ3) is 6.33. The molecule has 0 heterocycles. The first kappa shape index (κ1) is 24.0. The summed E-state index contributed by atoms with van der Waals surface area (Å²) >= 11 is 0. The Balaban J connectivity index is 4.88. The number of esters is 1. The number of halogens is 7. The van der Waals surface area contributed by atoms with E-state index in [9.17, 15) is 35.5 Å². The molecule has 0 fully saturated rings. The third-order valence-electron chi connectivity index (χ3n) is 4.18. The molecular weight excluding hydrogens is 357 g/mol. The molecule has 2 unspecified atom stereocenters. The average molecular weight is 382 g/mol. The lowest BCUT2D eigenvalue weighted by molar-refractivity contribution is -0.349. The van der Waals surface area contributed by atoms with E-state index in [1.807, 2.05) is 13.8 Å². The zero-order valence-electron chi connectivity index (χ0n) is 14.6. The molecule has 0 amide bonds. The van der Waals surface area contributed by atoms with Crippen LogP contribution in [0.4, 0.5) is 30.7 Å². The summed E-state index contributed by atoms with van der Waals surface area (Å²) in [4.78, 5) is 11.3. The lowest BCUT2D eigenvalue weighted by atomic mass is 9.92. The summed E-state index contributed by atoms with van der Waals surface area (Å²) in [6.45, 7) is 5.42. The molecule has 2 atom stereocenters. The van der Waals surface area contributed by atoms with E-state index in [1.165, 1.54) is 6.92 Å². The lowest BCUT2D eigenvalue weighted by Gasteiger charge is -2.28. The highest BCUT2D eigenvalue weighted by Crippen LogP contribution is 2.47. The van der Waals surface area contributed by atoms with Crippen LogP contribution in [-0.4, -0.2) is 30.1 Å². The zero-order chi connectivity index (χ0) is 19.9. The normalized spacial score (nSPS) is 15.8. The van der Waals surface area contributed by atoms with Gasteiger partial charge >= 0.3 is 24.0 Å². The Morgan fingerprint density at radius 3 is 1.84 bits per heavy atom. The first-order valence-electron chi connectivity index (χ1n) is 8.38. The molecule has 9 heteroatoms. The summed E-state index contributed by atoms with van der Waals surface area (Å²) < 4.78 is 92.8. The van der Waals surface area contributed by atoms with Crippen molar-refractivity contribution in [1.82, 2.24) is 0 Å². The molecule has 0 N–H and O–H groups in total. The summed E-state index contributed by atoms with van der Waals surface area (Å²) in [6, 6.07) is 0. The van der Waals surface area contributed by atoms with Crippen molar-refractivity contribution in [3.63, 3.8) is 0 Å². The van der Waals surface area contributed by atoms with E-state index >= 15 is 0 Å². The van der Waals surface area contributed by atoms with Gasteiger partial charge in [0, 0.05) is 0 Å². The topological polar surface area (TPSA) is 26.3 Å². The second kappa shape index (κ2) is 9.62. The fraction of sp³-hybridized carbons (Fsp3) is 0.938. The Morgan fingerprint density at radius 2 is 1.44 bits per heavy atom. The minimum absolute atomic E-state index is 0.0453. The molecule has 0 aromatic carbocycles. The standard InChI is InChI=1S/C16H25F7O2/c1-4-7-8-11(5-2)9-10-12(6-3)25-13(24)14(17,18)15(19,20)16(21,22)23/h11-12H,4-10H2,1-3H3. The molecule has 0 bridgehead atoms. The van der Waals surface area contributed by atoms with E-state index in [-0.39, 0.29) is 18.8 Å². The van der Waals surface area contributed by atoms with E-state index in [4.69, 9.17) is 0 Å². The lowest BCUT2D eigenvalue weighted by Crippen LogP contribution is -2.57. The summed E-state index contributed by atoms with van der Waals surface area (Å²) in [5.74, 6) is -15.0. The van der Waals surface area contributed by atoms with Gasteiger partial charge in [0.15, 0.2) is 0 Å². The van der Waals surface area contributed by atoms with Gasteiger partial charge in [0.1, 0.15) is 6.10 Å². The number of carbonyl (C=O) groups excluding carboxylic acids is 1. The van der Waals surface area contributed by atoms with E-state index in [1.54, 1.807) is 0 Å². The van der Waals surface area contributed by atoms with Crippen LogP contribution in [-0.2, 0) is 9.53 Å². The minimum atomic E-state index is -6.55. The maximum Gasteiger partial charge on any atom is 0.460 e. The van der Waals surface area contributed by atoms with Crippen LogP contribution in [0.25, 0.3) is 0 Å². The van der Waals surface area contributed by atoms with Crippen LogP contribution in [0.2, 0.25) is 0 Å². The van der Waals surface area contributed by atoms with Crippen molar-refractivity contribution in [2.75, 3.05) is 0 Å². The number of alkyl halides is 7. The maximum absolute atomic E-state index is 13.3. The first-order chi connectivity index (χ1) is 11.3. The molecule has 0 radical (unpaired) electrons. The molecule has 0 rings (SSSR count). The Bertz CT molecular complexity index is 408. The highest BCUT2D eigenvalue weighted by molar-refractivity contribution is 5.79. The number of ether oxygens (including phenoxy) is 1. The van der Waals surface area contributed by atoms with Crippen molar-refractivity contribution >= 4 is 5.97 Å². The van der Waals surface area contributed by atoms with E-state index in [2.05, 4.69) is 4.74 Å². The molecule has 2 nitrogen and oxygen atoms in total. The van der Waals surface area contributed by atoms with Crippen molar-refractivity contribution < 1.29 is 40.3 Å². The Morgan fingerprint density at radius 1 is 0.880 bits per heavy atom. The average Bonchev–Trinajstić information content (AvgIpc) is 2.52. The van der Waals surface area contributed by atoms with Crippen LogP contribution in [0, 0.1) is 5.92 Å². The summed E-state index contributed by atoms with van der Waals surface area (Å²) in [5.41, 5.74) is 0. The van der Waals surface area contributed by atoms with Gasteiger partial charge in [-0.2, -0.15) is 30.7 Å². The quantitative estimate of drug-likeness (QED) is 0.317. The molecule has 0 aliphatic carbocycles. The minimum Gasteiger partial charge on any atom is -0.458 e. The van der Waals surface area contributed by atoms with Gasteiger partial charge < -0.3 is 4.74 Å². The fourth-order valence-corrected chi connectivity index (χ4v) is 2.34. The highest BCUT2D eigenvalue weighted by Gasteiger charge is 2.77. The van der Waals surface area contributed by atoms with E-state index < -0.39 is 30.1 Å². The highest BCUT2D eigenvalue weighted by atomic mass is 19.4. The third-order valence-corrected chi connectivity index (χ3v) is 4.18. The second-order valence-corrected chi connectivity index (χ2v) is 6.08. The summed E-state index contributed by atoms with van der Waals surface area (Å²) in [7, 11) is 0. The number of carbonyl (C=O) groups is 1. The fourth-order valence-electron chi connectivity index (χ4n) is 2.34. The molecule has 0 aromatic heterocycles. The maximum atomic E-state index is 13.3. The predicted molar refractivity (Wildman–Crippen MR) is 78.7 cm³/mol. The number of hydrogen-bond acceptors (Lipinski definition) is 2. The molecule has 0 aromatic rings. The van der Waals surface area contributed by atoms with Crippen LogP contribution >= 0.6 is 0 Å². The van der Waals surface area contributed by atoms with Gasteiger partial charge in [-0.25, -0.2) is 4.79 Å². The van der Waals surface area contributed by atoms with Gasteiger partial charge in [-0.15, -0.1) is 0 Å². The van der Waals surface area contributed by atoms with Crippen LogP contribution in [0.15, 0.2) is 0 Å². The van der Waals surface area contributed by atoms with E-state index in [0.29, 0.717) is 6.42 Å². The van der Waals surface area contributed by atoms with Crippen molar-refractivity contribution in [3.05, 3.63) is 0 Å². The van der Waals surface area contributed by atoms with Gasteiger partial charge in [0.25, 0.3) is 0 Å². The molecule has 0 saturated heterocycles. The van der Waals surface area contributed by atoms with Crippen LogP contribution in [0.1, 0.15) is 65.7 Å². The molecular formula is C16H25F7O2. The number of rotatable bonds is 11. The van der Waals surface area contributed by atoms with Crippen molar-refractivity contribution in [2.45, 2.75) is 89.8 Å². The monoisotopic (exact) mass is 382 g/mol. The number of hydrogen-bond donors (Lipinski definition) is 0. The van der Waals surface area contributed by atoms with Gasteiger partial charge in [0.2, 0.25) is 0 Å². The van der Waals surface area contributed by atoms with Crippen LogP contribution in [0.3, 0.4) is 0 Å². The SMILES string of the molecule is CCCCC(CC)CCC(CC)OC(=O)C(F)(F)C(F)(F)C(F)(F)F. The Labute approximate surface area is 143 Å². The summed E-state index contributed by atoms with van der Waals surface area (Å²) in [5, 5.41) is 0. The van der Waals surface area contributed by atoms with Gasteiger partial charge in [-0.1, -0.05) is 46.5 Å². The summed E-state index contributed by atoms with van der Waals surface area (Å²) in [6.07, 6.45) is -3.34. The molecule has 0 aliphatic rings. The Kier molecular flexibility index (Phi) is 9.22. The zero-order valence-corrected chi connectivity index (χ0v) is 14.6. The Hall–Kier alpha value is -1.02. The largest absolute Gasteiger partial charge is 0.460 e. The molecule has 0 aliphatic heterocycles. The van der Waals surface area contributed by atoms with Crippen molar-refractivity contribution in [2.24, 2.45) is 5.92 Å². The predicted octanol–water partition coefficient (Wildman–Crippen LogP) is 6.14. The first-order valence-corrected chi connectivity index (χ1v) is 8.38.